The average molecular weight is 483 g/mol. The van der Waals surface area contributed by atoms with Gasteiger partial charge in [0.15, 0.2) is 5.03 Å². The van der Waals surface area contributed by atoms with Gasteiger partial charge in [0, 0.05) is 41.8 Å². The summed E-state index contributed by atoms with van der Waals surface area (Å²) in [5, 5.41) is 11.9. The number of nitro groups is 1. The Morgan fingerprint density at radius 1 is 1.10 bits per heavy atom. The lowest BCUT2D eigenvalue weighted by Gasteiger charge is -2.29. The maximum atomic E-state index is 12.8. The molecule has 0 amide bonds. The van der Waals surface area contributed by atoms with Crippen LogP contribution in [-0.2, 0) is 10.0 Å². The van der Waals surface area contributed by atoms with Gasteiger partial charge in [-0.05, 0) is 35.8 Å². The monoisotopic (exact) mass is 482 g/mol. The number of nitrogens with one attached hydrogen (secondary N) is 1. The largest absolute Gasteiger partial charge is 0.302 e. The SMILES string of the molecule is O=[N+]([O-])N(NS(=O)(=O)c1ccccc1)[C@H](CCN1CCSCC1)CSc1ccccc1. The molecule has 0 radical (unpaired) electrons. The van der Waals surface area contributed by atoms with E-state index in [1.807, 2.05) is 42.1 Å². The minimum atomic E-state index is -4.07. The summed E-state index contributed by atoms with van der Waals surface area (Å²) in [4.78, 5) is 17.3. The van der Waals surface area contributed by atoms with E-state index in [1.165, 1.54) is 23.9 Å². The smallest absolute Gasteiger partial charge is 0.261 e. The molecule has 1 fully saturated rings. The van der Waals surface area contributed by atoms with Crippen LogP contribution in [0.1, 0.15) is 6.42 Å². The van der Waals surface area contributed by atoms with Crippen molar-refractivity contribution in [1.82, 2.24) is 14.8 Å². The maximum Gasteiger partial charge on any atom is 0.261 e. The fourth-order valence-electron chi connectivity index (χ4n) is 3.16. The number of hydrogen-bond donors (Lipinski definition) is 1. The Balaban J connectivity index is 1.75. The second-order valence-electron chi connectivity index (χ2n) is 7.01. The average Bonchev–Trinajstić information content (AvgIpc) is 2.80. The van der Waals surface area contributed by atoms with E-state index in [1.54, 1.807) is 18.2 Å². The van der Waals surface area contributed by atoms with Gasteiger partial charge in [0.25, 0.3) is 10.0 Å². The molecule has 168 valence electrons. The van der Waals surface area contributed by atoms with Gasteiger partial charge < -0.3 is 4.90 Å². The standard InChI is InChI=1S/C20H26N4O4S3/c25-24(26)23(21-31(27,28)20-9-5-2-6-10-20)18(11-12-22-13-15-29-16-14-22)17-30-19-7-3-1-4-8-19/h1-10,18,21H,11-17H2/t18-/m1/s1. The fourth-order valence-corrected chi connectivity index (χ4v) is 6.26. The van der Waals surface area contributed by atoms with Crippen molar-refractivity contribution in [2.45, 2.75) is 22.3 Å². The summed E-state index contributed by atoms with van der Waals surface area (Å²) in [5.41, 5.74) is 0. The van der Waals surface area contributed by atoms with Crippen molar-refractivity contribution in [2.24, 2.45) is 0 Å². The van der Waals surface area contributed by atoms with Crippen LogP contribution < -0.4 is 4.83 Å². The minimum absolute atomic E-state index is 0.00984. The summed E-state index contributed by atoms with van der Waals surface area (Å²) in [6, 6.07) is 16.7. The molecule has 0 aliphatic carbocycles. The van der Waals surface area contributed by atoms with Crippen LogP contribution in [0.5, 0.6) is 0 Å². The molecule has 1 heterocycles. The Morgan fingerprint density at radius 3 is 2.32 bits per heavy atom. The van der Waals surface area contributed by atoms with Crippen LogP contribution >= 0.6 is 23.5 Å². The Hall–Kier alpha value is -1.79. The molecule has 2 aromatic rings. The molecular weight excluding hydrogens is 456 g/mol. The van der Waals surface area contributed by atoms with E-state index >= 15 is 0 Å². The summed E-state index contributed by atoms with van der Waals surface area (Å²) >= 11 is 3.38. The van der Waals surface area contributed by atoms with Crippen molar-refractivity contribution in [3.8, 4) is 0 Å². The molecule has 0 bridgehead atoms. The number of nitrogens with zero attached hydrogens (tertiary/aromatic N) is 3. The fraction of sp³-hybridized carbons (Fsp3) is 0.400. The van der Waals surface area contributed by atoms with E-state index in [4.69, 9.17) is 0 Å². The summed E-state index contributed by atoms with van der Waals surface area (Å²) in [6.45, 7) is 2.56. The van der Waals surface area contributed by atoms with Crippen LogP contribution in [0.4, 0.5) is 0 Å². The van der Waals surface area contributed by atoms with Gasteiger partial charge in [0.1, 0.15) is 6.04 Å². The summed E-state index contributed by atoms with van der Waals surface area (Å²) in [5.74, 6) is 2.47. The number of benzene rings is 2. The van der Waals surface area contributed by atoms with Gasteiger partial charge in [-0.25, -0.2) is 18.5 Å². The van der Waals surface area contributed by atoms with Gasteiger partial charge in [-0.15, -0.1) is 11.8 Å². The molecule has 3 rings (SSSR count). The number of thioether (sulfide) groups is 2. The summed E-state index contributed by atoms with van der Waals surface area (Å²) in [6.07, 6.45) is 0.475. The van der Waals surface area contributed by atoms with Crippen LogP contribution in [0.2, 0.25) is 0 Å². The van der Waals surface area contributed by atoms with Gasteiger partial charge in [0.05, 0.1) is 4.90 Å². The molecule has 2 aromatic carbocycles. The third kappa shape index (κ3) is 7.39. The first-order valence-electron chi connectivity index (χ1n) is 9.95. The zero-order valence-corrected chi connectivity index (χ0v) is 19.4. The number of rotatable bonds is 11. The van der Waals surface area contributed by atoms with E-state index in [0.29, 0.717) is 23.8 Å². The molecule has 1 saturated heterocycles. The molecule has 1 aliphatic heterocycles. The number of hydrazine groups is 2. The van der Waals surface area contributed by atoms with Gasteiger partial charge in [-0.2, -0.15) is 11.8 Å². The van der Waals surface area contributed by atoms with Gasteiger partial charge in [-0.1, -0.05) is 41.2 Å². The zero-order chi connectivity index (χ0) is 22.1. The molecule has 1 aliphatic rings. The highest BCUT2D eigenvalue weighted by Gasteiger charge is 2.32. The van der Waals surface area contributed by atoms with Crippen molar-refractivity contribution < 1.29 is 13.5 Å². The molecular formula is C20H26N4O4S3. The van der Waals surface area contributed by atoms with Crippen molar-refractivity contribution in [3.63, 3.8) is 0 Å². The lowest BCUT2D eigenvalue weighted by molar-refractivity contribution is -0.672. The quantitative estimate of drug-likeness (QED) is 0.297. The van der Waals surface area contributed by atoms with Gasteiger partial charge in [-0.3, -0.25) is 0 Å². The maximum absolute atomic E-state index is 12.8. The molecule has 31 heavy (non-hydrogen) atoms. The van der Waals surface area contributed by atoms with Crippen LogP contribution in [0.3, 0.4) is 0 Å². The van der Waals surface area contributed by atoms with Crippen LogP contribution in [0, 0.1) is 10.1 Å². The molecule has 1 N–H and O–H groups in total. The van der Waals surface area contributed by atoms with E-state index < -0.39 is 21.1 Å². The normalized spacial score (nSPS) is 16.0. The second kappa shape index (κ2) is 11.7. The second-order valence-corrected chi connectivity index (χ2v) is 11.0. The first-order valence-corrected chi connectivity index (χ1v) is 13.6. The van der Waals surface area contributed by atoms with Gasteiger partial charge in [0.2, 0.25) is 0 Å². The molecule has 0 aromatic heterocycles. The number of hydrogen-bond acceptors (Lipinski definition) is 7. The van der Waals surface area contributed by atoms with Crippen LogP contribution in [0.15, 0.2) is 70.5 Å². The van der Waals surface area contributed by atoms with Crippen molar-refractivity contribution in [3.05, 3.63) is 70.8 Å². The predicted octanol–water partition coefficient (Wildman–Crippen LogP) is 2.97. The van der Waals surface area contributed by atoms with Crippen molar-refractivity contribution in [2.75, 3.05) is 36.9 Å². The molecule has 0 saturated carbocycles. The Bertz CT molecular complexity index is 926. The summed E-state index contributed by atoms with van der Waals surface area (Å²) < 4.78 is 25.5. The minimum Gasteiger partial charge on any atom is -0.302 e. The van der Waals surface area contributed by atoms with E-state index in [0.717, 1.165) is 29.5 Å². The number of sulfonamides is 1. The molecule has 1 atom stereocenters. The molecule has 8 nitrogen and oxygen atoms in total. The summed E-state index contributed by atoms with van der Waals surface area (Å²) in [7, 11) is -4.07. The third-order valence-electron chi connectivity index (χ3n) is 4.86. The highest BCUT2D eigenvalue weighted by Crippen LogP contribution is 2.22. The van der Waals surface area contributed by atoms with Crippen molar-refractivity contribution in [1.29, 1.82) is 0 Å². The van der Waals surface area contributed by atoms with E-state index in [9.17, 15) is 18.5 Å². The highest BCUT2D eigenvalue weighted by molar-refractivity contribution is 7.99. The highest BCUT2D eigenvalue weighted by atomic mass is 32.2. The van der Waals surface area contributed by atoms with Crippen LogP contribution in [0.25, 0.3) is 0 Å². The molecule has 0 unspecified atom stereocenters. The first kappa shape index (κ1) is 23.9. The van der Waals surface area contributed by atoms with Crippen molar-refractivity contribution >= 4 is 33.5 Å². The Kier molecular flexibility index (Phi) is 9.02. The molecule has 11 heteroatoms. The lowest BCUT2D eigenvalue weighted by Crippen LogP contribution is -2.53. The Morgan fingerprint density at radius 2 is 1.71 bits per heavy atom. The zero-order valence-electron chi connectivity index (χ0n) is 17.0. The molecule has 0 spiro atoms. The van der Waals surface area contributed by atoms with Crippen LogP contribution in [-0.4, -0.2) is 66.4 Å². The van der Waals surface area contributed by atoms with E-state index in [-0.39, 0.29) is 4.90 Å². The van der Waals surface area contributed by atoms with E-state index in [2.05, 4.69) is 9.73 Å². The third-order valence-corrected chi connectivity index (χ3v) is 8.28. The topological polar surface area (TPSA) is 95.8 Å². The first-order chi connectivity index (χ1) is 15.0. The Labute approximate surface area is 191 Å². The lowest BCUT2D eigenvalue weighted by atomic mass is 10.2. The predicted molar refractivity (Wildman–Crippen MR) is 125 cm³/mol. The van der Waals surface area contributed by atoms with Gasteiger partial charge >= 0.3 is 0 Å².